The molecule has 0 bridgehead atoms. The van der Waals surface area contributed by atoms with Crippen LogP contribution in [-0.4, -0.2) is 16.3 Å². The summed E-state index contributed by atoms with van der Waals surface area (Å²) in [5.74, 6) is 1.86. The van der Waals surface area contributed by atoms with E-state index < -0.39 is 0 Å². The highest BCUT2D eigenvalue weighted by Gasteiger charge is 2.18. The van der Waals surface area contributed by atoms with Crippen LogP contribution >= 0.6 is 23.4 Å². The van der Waals surface area contributed by atoms with Crippen molar-refractivity contribution in [3.8, 4) is 11.5 Å². The Hall–Kier alpha value is -2.18. The molecule has 4 rings (SSSR count). The summed E-state index contributed by atoms with van der Waals surface area (Å²) in [7, 11) is 1.73. The van der Waals surface area contributed by atoms with Gasteiger partial charge in [-0.15, -0.1) is 0 Å². The molecule has 0 atom stereocenters. The molecule has 0 N–H and O–H groups in total. The SMILES string of the molecule is Cn1c(SCc2cc(Cl)c3c(c2)OCO3)nc2ccccc2c1=O. The van der Waals surface area contributed by atoms with Crippen molar-refractivity contribution >= 4 is 34.3 Å². The first kappa shape index (κ1) is 15.4. The number of ether oxygens (including phenoxy) is 2. The Morgan fingerprint density at radius 2 is 2.12 bits per heavy atom. The molecule has 122 valence electrons. The first-order valence-corrected chi connectivity index (χ1v) is 8.66. The molecule has 0 saturated carbocycles. The van der Waals surface area contributed by atoms with Crippen LogP contribution < -0.4 is 15.0 Å². The minimum absolute atomic E-state index is 0.0492. The number of rotatable bonds is 3. The van der Waals surface area contributed by atoms with Crippen LogP contribution in [0.4, 0.5) is 0 Å². The number of halogens is 1. The third-order valence-corrected chi connectivity index (χ3v) is 5.18. The molecule has 0 radical (unpaired) electrons. The lowest BCUT2D eigenvalue weighted by Gasteiger charge is -2.09. The van der Waals surface area contributed by atoms with Gasteiger partial charge in [-0.25, -0.2) is 4.98 Å². The average molecular weight is 361 g/mol. The fourth-order valence-electron chi connectivity index (χ4n) is 2.58. The van der Waals surface area contributed by atoms with Gasteiger partial charge in [-0.3, -0.25) is 9.36 Å². The Labute approximate surface area is 147 Å². The van der Waals surface area contributed by atoms with Gasteiger partial charge in [0.1, 0.15) is 0 Å². The van der Waals surface area contributed by atoms with Gasteiger partial charge in [0.05, 0.1) is 15.9 Å². The molecular formula is C17H13ClN2O3S. The zero-order valence-corrected chi connectivity index (χ0v) is 14.4. The van der Waals surface area contributed by atoms with E-state index in [-0.39, 0.29) is 12.4 Å². The Kier molecular flexibility index (Phi) is 3.86. The molecule has 0 aliphatic carbocycles. The second-order valence-electron chi connectivity index (χ2n) is 5.38. The van der Waals surface area contributed by atoms with E-state index >= 15 is 0 Å². The van der Waals surface area contributed by atoms with Gasteiger partial charge in [0.25, 0.3) is 5.56 Å². The molecule has 3 aromatic rings. The van der Waals surface area contributed by atoms with Gasteiger partial charge in [-0.1, -0.05) is 35.5 Å². The summed E-state index contributed by atoms with van der Waals surface area (Å²) >= 11 is 7.69. The van der Waals surface area contributed by atoms with E-state index in [0.717, 1.165) is 5.56 Å². The number of fused-ring (bicyclic) bond motifs is 2. The van der Waals surface area contributed by atoms with Crippen LogP contribution in [0.2, 0.25) is 5.02 Å². The van der Waals surface area contributed by atoms with Gasteiger partial charge in [0.2, 0.25) is 6.79 Å². The third kappa shape index (κ3) is 2.61. The van der Waals surface area contributed by atoms with Crippen LogP contribution in [0, 0.1) is 0 Å². The second-order valence-corrected chi connectivity index (χ2v) is 6.73. The smallest absolute Gasteiger partial charge is 0.261 e. The van der Waals surface area contributed by atoms with E-state index in [9.17, 15) is 4.79 Å². The second kappa shape index (κ2) is 6.03. The lowest BCUT2D eigenvalue weighted by Crippen LogP contribution is -2.19. The van der Waals surface area contributed by atoms with Gasteiger partial charge >= 0.3 is 0 Å². The number of benzene rings is 2. The lowest BCUT2D eigenvalue weighted by molar-refractivity contribution is 0.174. The van der Waals surface area contributed by atoms with Crippen molar-refractivity contribution in [2.45, 2.75) is 10.9 Å². The van der Waals surface area contributed by atoms with Gasteiger partial charge in [0.15, 0.2) is 16.7 Å². The Bertz CT molecular complexity index is 1000. The van der Waals surface area contributed by atoms with E-state index in [1.807, 2.05) is 30.3 Å². The summed E-state index contributed by atoms with van der Waals surface area (Å²) in [6.45, 7) is 0.187. The van der Waals surface area contributed by atoms with Crippen molar-refractivity contribution in [2.75, 3.05) is 6.79 Å². The molecule has 24 heavy (non-hydrogen) atoms. The van der Waals surface area contributed by atoms with Crippen LogP contribution in [0.3, 0.4) is 0 Å². The predicted octanol–water partition coefficient (Wildman–Crippen LogP) is 3.61. The number of thioether (sulfide) groups is 1. The largest absolute Gasteiger partial charge is 0.454 e. The number of nitrogens with zero attached hydrogens (tertiary/aromatic N) is 2. The summed E-state index contributed by atoms with van der Waals surface area (Å²) in [5.41, 5.74) is 1.63. The Balaban J connectivity index is 1.65. The van der Waals surface area contributed by atoms with Crippen molar-refractivity contribution in [3.05, 3.63) is 57.3 Å². The zero-order valence-electron chi connectivity index (χ0n) is 12.8. The first-order chi connectivity index (χ1) is 11.6. The molecule has 1 aliphatic heterocycles. The molecule has 0 spiro atoms. The summed E-state index contributed by atoms with van der Waals surface area (Å²) in [6.07, 6.45) is 0. The van der Waals surface area contributed by atoms with Gasteiger partial charge in [-0.2, -0.15) is 0 Å². The number of para-hydroxylation sites is 1. The topological polar surface area (TPSA) is 53.4 Å². The maximum Gasteiger partial charge on any atom is 0.261 e. The molecule has 0 fully saturated rings. The van der Waals surface area contributed by atoms with Crippen LogP contribution in [0.5, 0.6) is 11.5 Å². The fourth-order valence-corrected chi connectivity index (χ4v) is 3.77. The van der Waals surface area contributed by atoms with E-state index in [1.165, 1.54) is 11.8 Å². The fraction of sp³-hybridized carbons (Fsp3) is 0.176. The van der Waals surface area contributed by atoms with Crippen molar-refractivity contribution in [3.63, 3.8) is 0 Å². The summed E-state index contributed by atoms with van der Waals surface area (Å²) in [5, 5.41) is 1.81. The van der Waals surface area contributed by atoms with E-state index in [1.54, 1.807) is 17.7 Å². The lowest BCUT2D eigenvalue weighted by atomic mass is 10.2. The normalized spacial score (nSPS) is 12.8. The van der Waals surface area contributed by atoms with E-state index in [4.69, 9.17) is 21.1 Å². The van der Waals surface area contributed by atoms with Gasteiger partial charge < -0.3 is 9.47 Å². The molecule has 2 heterocycles. The molecule has 1 aromatic heterocycles. The standard InChI is InChI=1S/C17H13ClN2O3S/c1-20-16(21)11-4-2-3-5-13(11)19-17(20)24-8-10-6-12(18)15-14(7-10)22-9-23-15/h2-7H,8-9H2,1H3. The van der Waals surface area contributed by atoms with Crippen LogP contribution in [-0.2, 0) is 12.8 Å². The van der Waals surface area contributed by atoms with Crippen molar-refractivity contribution in [1.29, 1.82) is 0 Å². The van der Waals surface area contributed by atoms with Crippen molar-refractivity contribution in [2.24, 2.45) is 7.05 Å². The molecule has 1 aliphatic rings. The van der Waals surface area contributed by atoms with Crippen molar-refractivity contribution < 1.29 is 9.47 Å². The minimum atomic E-state index is -0.0492. The summed E-state index contributed by atoms with van der Waals surface area (Å²) < 4.78 is 12.3. The number of hydrogen-bond acceptors (Lipinski definition) is 5. The monoisotopic (exact) mass is 360 g/mol. The zero-order chi connectivity index (χ0) is 16.7. The van der Waals surface area contributed by atoms with E-state index in [2.05, 4.69) is 4.98 Å². The van der Waals surface area contributed by atoms with Crippen LogP contribution in [0.1, 0.15) is 5.56 Å². The van der Waals surface area contributed by atoms with Gasteiger partial charge in [0, 0.05) is 12.8 Å². The highest BCUT2D eigenvalue weighted by Crippen LogP contribution is 2.40. The highest BCUT2D eigenvalue weighted by atomic mass is 35.5. The molecule has 0 amide bonds. The minimum Gasteiger partial charge on any atom is -0.454 e. The van der Waals surface area contributed by atoms with Crippen molar-refractivity contribution in [1.82, 2.24) is 9.55 Å². The molecule has 5 nitrogen and oxygen atoms in total. The quantitative estimate of drug-likeness (QED) is 0.527. The number of aromatic nitrogens is 2. The summed E-state index contributed by atoms with van der Waals surface area (Å²) in [6, 6.07) is 11.1. The number of hydrogen-bond donors (Lipinski definition) is 0. The maximum atomic E-state index is 12.4. The molecule has 7 heteroatoms. The first-order valence-electron chi connectivity index (χ1n) is 7.30. The molecule has 2 aromatic carbocycles. The molecule has 0 unspecified atom stereocenters. The maximum absolute atomic E-state index is 12.4. The van der Waals surface area contributed by atoms with E-state index in [0.29, 0.717) is 38.3 Å². The highest BCUT2D eigenvalue weighted by molar-refractivity contribution is 7.98. The Morgan fingerprint density at radius 3 is 3.00 bits per heavy atom. The molecular weight excluding hydrogens is 348 g/mol. The summed E-state index contributed by atoms with van der Waals surface area (Å²) in [4.78, 5) is 17.0. The predicted molar refractivity (Wildman–Crippen MR) is 94.1 cm³/mol. The van der Waals surface area contributed by atoms with Crippen LogP contribution in [0.25, 0.3) is 10.9 Å². The van der Waals surface area contributed by atoms with Crippen LogP contribution in [0.15, 0.2) is 46.3 Å². The molecule has 0 saturated heterocycles. The van der Waals surface area contributed by atoms with Gasteiger partial charge in [-0.05, 0) is 29.8 Å². The Morgan fingerprint density at radius 1 is 1.29 bits per heavy atom. The average Bonchev–Trinajstić information content (AvgIpc) is 3.06. The third-order valence-electron chi connectivity index (χ3n) is 3.80.